The standard InChI is InChI=1S/C20H26N2O2S/c1-4-15-7-9-16(10-8-15)18(23)11-12-20(24)21-14-17(22(2)3)19-6-5-13-25-19/h5-10,13,17H,4,11-12,14H2,1-3H3,(H,21,24). The smallest absolute Gasteiger partial charge is 0.220 e. The number of carbonyl (C=O) groups excluding carboxylic acids is 2. The Morgan fingerprint density at radius 3 is 2.40 bits per heavy atom. The first-order valence-corrected chi connectivity index (χ1v) is 9.48. The number of aryl methyl sites for hydroxylation is 1. The molecule has 0 aliphatic carbocycles. The Kier molecular flexibility index (Phi) is 7.34. The van der Waals surface area contributed by atoms with Gasteiger partial charge in [0.25, 0.3) is 0 Å². The van der Waals surface area contributed by atoms with Crippen LogP contribution in [-0.2, 0) is 11.2 Å². The molecule has 1 atom stereocenters. The molecule has 2 rings (SSSR count). The second kappa shape index (κ2) is 9.49. The first-order chi connectivity index (χ1) is 12.0. The summed E-state index contributed by atoms with van der Waals surface area (Å²) in [5.41, 5.74) is 1.88. The number of likely N-dealkylation sites (N-methyl/N-ethyl adjacent to an activating group) is 1. The molecule has 2 aromatic rings. The molecule has 1 N–H and O–H groups in total. The third-order valence-electron chi connectivity index (χ3n) is 4.25. The minimum atomic E-state index is -0.0815. The average Bonchev–Trinajstić information content (AvgIpc) is 3.14. The Balaban J connectivity index is 1.80. The number of rotatable bonds is 9. The van der Waals surface area contributed by atoms with Crippen LogP contribution in [0.2, 0.25) is 0 Å². The average molecular weight is 359 g/mol. The number of amides is 1. The van der Waals surface area contributed by atoms with Gasteiger partial charge in [0.15, 0.2) is 5.78 Å². The summed E-state index contributed by atoms with van der Waals surface area (Å²) in [5, 5.41) is 4.99. The molecule has 0 saturated heterocycles. The molecule has 1 aromatic carbocycles. The summed E-state index contributed by atoms with van der Waals surface area (Å²) in [5.74, 6) is -0.0675. The predicted molar refractivity (Wildman–Crippen MR) is 103 cm³/mol. The van der Waals surface area contributed by atoms with Gasteiger partial charge in [0.2, 0.25) is 5.91 Å². The van der Waals surface area contributed by atoms with Crippen LogP contribution < -0.4 is 5.32 Å². The van der Waals surface area contributed by atoms with Crippen LogP contribution in [0.4, 0.5) is 0 Å². The normalized spacial score (nSPS) is 12.2. The number of nitrogens with one attached hydrogen (secondary N) is 1. The molecule has 1 aromatic heterocycles. The highest BCUT2D eigenvalue weighted by molar-refractivity contribution is 7.10. The summed E-state index contributed by atoms with van der Waals surface area (Å²) in [7, 11) is 4.00. The molecular weight excluding hydrogens is 332 g/mol. The fourth-order valence-corrected chi connectivity index (χ4v) is 3.54. The minimum Gasteiger partial charge on any atom is -0.354 e. The number of Topliss-reactive ketones (excluding diaryl/α,β-unsaturated/α-hetero) is 1. The van der Waals surface area contributed by atoms with E-state index in [1.165, 1.54) is 10.4 Å². The number of ketones is 1. The summed E-state index contributed by atoms with van der Waals surface area (Å²) >= 11 is 1.68. The van der Waals surface area contributed by atoms with Gasteiger partial charge in [-0.2, -0.15) is 0 Å². The maximum atomic E-state index is 12.2. The molecule has 0 fully saturated rings. The van der Waals surface area contributed by atoms with E-state index in [1.54, 1.807) is 11.3 Å². The summed E-state index contributed by atoms with van der Waals surface area (Å²) in [6.45, 7) is 2.63. The summed E-state index contributed by atoms with van der Waals surface area (Å²) in [6.07, 6.45) is 1.41. The molecule has 25 heavy (non-hydrogen) atoms. The van der Waals surface area contributed by atoms with Gasteiger partial charge in [-0.15, -0.1) is 11.3 Å². The van der Waals surface area contributed by atoms with Crippen molar-refractivity contribution in [2.45, 2.75) is 32.2 Å². The van der Waals surface area contributed by atoms with Crippen molar-refractivity contribution >= 4 is 23.0 Å². The molecule has 0 spiro atoms. The van der Waals surface area contributed by atoms with E-state index in [0.717, 1.165) is 6.42 Å². The molecule has 0 bridgehead atoms. The maximum absolute atomic E-state index is 12.2. The van der Waals surface area contributed by atoms with E-state index >= 15 is 0 Å². The van der Waals surface area contributed by atoms with Gasteiger partial charge in [0.05, 0.1) is 6.04 Å². The zero-order valence-electron chi connectivity index (χ0n) is 15.1. The molecule has 0 aliphatic heterocycles. The fourth-order valence-electron chi connectivity index (χ4n) is 2.62. The van der Waals surface area contributed by atoms with Crippen molar-refractivity contribution in [3.63, 3.8) is 0 Å². The highest BCUT2D eigenvalue weighted by Crippen LogP contribution is 2.22. The van der Waals surface area contributed by atoms with Crippen LogP contribution >= 0.6 is 11.3 Å². The van der Waals surface area contributed by atoms with Gasteiger partial charge < -0.3 is 10.2 Å². The van der Waals surface area contributed by atoms with Crippen molar-refractivity contribution in [2.75, 3.05) is 20.6 Å². The number of thiophene rings is 1. The first-order valence-electron chi connectivity index (χ1n) is 8.60. The zero-order chi connectivity index (χ0) is 18.2. The number of hydrogen-bond acceptors (Lipinski definition) is 4. The van der Waals surface area contributed by atoms with Crippen LogP contribution in [0.1, 0.15) is 46.6 Å². The van der Waals surface area contributed by atoms with E-state index in [4.69, 9.17) is 0 Å². The molecule has 5 heteroatoms. The van der Waals surface area contributed by atoms with Crippen LogP contribution in [0.5, 0.6) is 0 Å². The van der Waals surface area contributed by atoms with E-state index in [1.807, 2.05) is 49.8 Å². The van der Waals surface area contributed by atoms with Crippen LogP contribution in [0.3, 0.4) is 0 Å². The highest BCUT2D eigenvalue weighted by Gasteiger charge is 2.16. The lowest BCUT2D eigenvalue weighted by molar-refractivity contribution is -0.121. The lowest BCUT2D eigenvalue weighted by Gasteiger charge is -2.23. The Bertz CT molecular complexity index is 678. The van der Waals surface area contributed by atoms with E-state index in [9.17, 15) is 9.59 Å². The number of nitrogens with zero attached hydrogens (tertiary/aromatic N) is 1. The van der Waals surface area contributed by atoms with E-state index in [-0.39, 0.29) is 30.6 Å². The number of hydrogen-bond donors (Lipinski definition) is 1. The molecular formula is C20H26N2O2S. The maximum Gasteiger partial charge on any atom is 0.220 e. The summed E-state index contributed by atoms with van der Waals surface area (Å²) < 4.78 is 0. The van der Waals surface area contributed by atoms with Gasteiger partial charge in [0.1, 0.15) is 0 Å². The summed E-state index contributed by atoms with van der Waals surface area (Å²) in [6, 6.07) is 11.9. The molecule has 1 heterocycles. The molecule has 4 nitrogen and oxygen atoms in total. The molecule has 1 unspecified atom stereocenters. The lowest BCUT2D eigenvalue weighted by atomic mass is 10.0. The SMILES string of the molecule is CCc1ccc(C(=O)CCC(=O)NCC(c2cccs2)N(C)C)cc1. The van der Waals surface area contributed by atoms with Gasteiger partial charge in [-0.05, 0) is 37.5 Å². The summed E-state index contributed by atoms with van der Waals surface area (Å²) in [4.78, 5) is 27.6. The van der Waals surface area contributed by atoms with Gasteiger partial charge in [0, 0.05) is 29.8 Å². The van der Waals surface area contributed by atoms with E-state index in [2.05, 4.69) is 23.2 Å². The topological polar surface area (TPSA) is 49.4 Å². The molecule has 134 valence electrons. The van der Waals surface area contributed by atoms with Crippen molar-refractivity contribution in [1.29, 1.82) is 0 Å². The number of carbonyl (C=O) groups is 2. The largest absolute Gasteiger partial charge is 0.354 e. The zero-order valence-corrected chi connectivity index (χ0v) is 15.9. The van der Waals surface area contributed by atoms with Crippen molar-refractivity contribution in [3.8, 4) is 0 Å². The second-order valence-electron chi connectivity index (χ2n) is 6.27. The van der Waals surface area contributed by atoms with Crippen molar-refractivity contribution < 1.29 is 9.59 Å². The van der Waals surface area contributed by atoms with Gasteiger partial charge >= 0.3 is 0 Å². The molecule has 0 saturated carbocycles. The van der Waals surface area contributed by atoms with Crippen molar-refractivity contribution in [3.05, 3.63) is 57.8 Å². The number of benzene rings is 1. The Morgan fingerprint density at radius 1 is 1.12 bits per heavy atom. The first kappa shape index (κ1) is 19.3. The molecule has 0 radical (unpaired) electrons. The van der Waals surface area contributed by atoms with Crippen molar-refractivity contribution in [2.24, 2.45) is 0 Å². The highest BCUT2D eigenvalue weighted by atomic mass is 32.1. The van der Waals surface area contributed by atoms with Crippen LogP contribution in [0, 0.1) is 0 Å². The van der Waals surface area contributed by atoms with E-state index < -0.39 is 0 Å². The third-order valence-corrected chi connectivity index (χ3v) is 5.22. The third kappa shape index (κ3) is 5.80. The monoisotopic (exact) mass is 358 g/mol. The molecule has 0 aliphatic rings. The van der Waals surface area contributed by atoms with Crippen LogP contribution in [0.25, 0.3) is 0 Å². The Hall–Kier alpha value is -1.98. The quantitative estimate of drug-likeness (QED) is 0.696. The van der Waals surface area contributed by atoms with E-state index in [0.29, 0.717) is 12.1 Å². The minimum absolute atomic E-state index is 0.0141. The van der Waals surface area contributed by atoms with Crippen LogP contribution in [0.15, 0.2) is 41.8 Å². The lowest BCUT2D eigenvalue weighted by Crippen LogP contribution is -2.34. The Labute approximate surface area is 153 Å². The second-order valence-corrected chi connectivity index (χ2v) is 7.25. The van der Waals surface area contributed by atoms with Gasteiger partial charge in [-0.3, -0.25) is 9.59 Å². The Morgan fingerprint density at radius 2 is 1.84 bits per heavy atom. The van der Waals surface area contributed by atoms with Crippen molar-refractivity contribution in [1.82, 2.24) is 10.2 Å². The fraction of sp³-hybridized carbons (Fsp3) is 0.400. The predicted octanol–water partition coefficient (Wildman–Crippen LogP) is 3.69. The van der Waals surface area contributed by atoms with Gasteiger partial charge in [-0.25, -0.2) is 0 Å². The molecule has 1 amide bonds. The van der Waals surface area contributed by atoms with Crippen LogP contribution in [-0.4, -0.2) is 37.2 Å². The van der Waals surface area contributed by atoms with Gasteiger partial charge in [-0.1, -0.05) is 37.3 Å².